The molecule has 0 atom stereocenters. The van der Waals surface area contributed by atoms with Crippen LogP contribution in [-0.4, -0.2) is 15.1 Å². The Kier molecular flexibility index (Phi) is 3.49. The van der Waals surface area contributed by atoms with Gasteiger partial charge in [-0.05, 0) is 30.2 Å². The molecule has 1 aliphatic rings. The largest absolute Gasteiger partial charge is 0.276 e. The number of hydrogen-bond donors (Lipinski definition) is 0. The maximum Gasteiger partial charge on any atom is 0.0521 e. The third-order valence-electron chi connectivity index (χ3n) is 3.54. The SMILES string of the molecule is Cn1cc(CC2(CBr)CCCCC2)cn1. The van der Waals surface area contributed by atoms with Crippen molar-refractivity contribution in [1.29, 1.82) is 0 Å². The number of alkyl halides is 1. The molecule has 0 spiro atoms. The topological polar surface area (TPSA) is 17.8 Å². The van der Waals surface area contributed by atoms with E-state index in [0.29, 0.717) is 5.41 Å². The number of aromatic nitrogens is 2. The smallest absolute Gasteiger partial charge is 0.0521 e. The Morgan fingerprint density at radius 2 is 2.13 bits per heavy atom. The molecule has 0 saturated heterocycles. The first-order chi connectivity index (χ1) is 7.24. The van der Waals surface area contributed by atoms with Gasteiger partial charge in [0.15, 0.2) is 0 Å². The fourth-order valence-electron chi connectivity index (χ4n) is 2.66. The fraction of sp³-hybridized carbons (Fsp3) is 0.750. The predicted octanol–water partition coefficient (Wildman–Crippen LogP) is 3.31. The van der Waals surface area contributed by atoms with Gasteiger partial charge >= 0.3 is 0 Å². The van der Waals surface area contributed by atoms with Crippen LogP contribution in [0.2, 0.25) is 0 Å². The molecule has 84 valence electrons. The Morgan fingerprint density at radius 1 is 1.40 bits per heavy atom. The third kappa shape index (κ3) is 2.63. The molecular weight excluding hydrogens is 252 g/mol. The second kappa shape index (κ2) is 4.69. The van der Waals surface area contributed by atoms with Crippen LogP contribution in [0, 0.1) is 5.41 Å². The standard InChI is InChI=1S/C12H19BrN2/c1-15-9-11(8-14-15)7-12(10-13)5-3-2-4-6-12/h8-9H,2-7,10H2,1H3. The quantitative estimate of drug-likeness (QED) is 0.771. The molecule has 0 aromatic carbocycles. The highest BCUT2D eigenvalue weighted by molar-refractivity contribution is 9.09. The molecule has 2 nitrogen and oxygen atoms in total. The zero-order valence-corrected chi connectivity index (χ0v) is 11.0. The molecule has 0 unspecified atom stereocenters. The van der Waals surface area contributed by atoms with Crippen molar-refractivity contribution in [3.8, 4) is 0 Å². The average Bonchev–Trinajstić information content (AvgIpc) is 2.65. The molecule has 1 aromatic rings. The first-order valence-corrected chi connectivity index (χ1v) is 6.90. The maximum absolute atomic E-state index is 4.25. The first-order valence-electron chi connectivity index (χ1n) is 5.78. The highest BCUT2D eigenvalue weighted by atomic mass is 79.9. The summed E-state index contributed by atoms with van der Waals surface area (Å²) >= 11 is 3.71. The molecule has 0 bridgehead atoms. The first kappa shape index (κ1) is 11.2. The van der Waals surface area contributed by atoms with E-state index in [4.69, 9.17) is 0 Å². The monoisotopic (exact) mass is 270 g/mol. The molecule has 0 amide bonds. The molecule has 0 radical (unpaired) electrons. The second-order valence-corrected chi connectivity index (χ2v) is 5.45. The van der Waals surface area contributed by atoms with E-state index in [1.54, 1.807) is 0 Å². The highest BCUT2D eigenvalue weighted by Gasteiger charge is 2.31. The highest BCUT2D eigenvalue weighted by Crippen LogP contribution is 2.40. The van der Waals surface area contributed by atoms with Crippen LogP contribution in [0.3, 0.4) is 0 Å². The molecule has 1 heterocycles. The molecule has 1 aromatic heterocycles. The van der Waals surface area contributed by atoms with Crippen molar-refractivity contribution in [3.05, 3.63) is 18.0 Å². The van der Waals surface area contributed by atoms with Crippen LogP contribution < -0.4 is 0 Å². The fourth-order valence-corrected chi connectivity index (χ4v) is 3.41. The molecule has 1 saturated carbocycles. The lowest BCUT2D eigenvalue weighted by Gasteiger charge is -2.35. The van der Waals surface area contributed by atoms with Crippen molar-refractivity contribution < 1.29 is 0 Å². The number of aryl methyl sites for hydroxylation is 1. The van der Waals surface area contributed by atoms with E-state index >= 15 is 0 Å². The lowest BCUT2D eigenvalue weighted by molar-refractivity contribution is 0.223. The molecule has 3 heteroatoms. The van der Waals surface area contributed by atoms with Crippen molar-refractivity contribution in [2.24, 2.45) is 12.5 Å². The summed E-state index contributed by atoms with van der Waals surface area (Å²) in [6.07, 6.45) is 12.3. The number of halogens is 1. The minimum absolute atomic E-state index is 0.501. The average molecular weight is 271 g/mol. The molecule has 1 fully saturated rings. The minimum Gasteiger partial charge on any atom is -0.276 e. The van der Waals surface area contributed by atoms with Crippen LogP contribution in [0.5, 0.6) is 0 Å². The van der Waals surface area contributed by atoms with E-state index in [2.05, 4.69) is 27.2 Å². The summed E-state index contributed by atoms with van der Waals surface area (Å²) in [6.45, 7) is 0. The number of hydrogen-bond acceptors (Lipinski definition) is 1. The Bertz CT molecular complexity index is 313. The van der Waals surface area contributed by atoms with Crippen LogP contribution in [0.4, 0.5) is 0 Å². The van der Waals surface area contributed by atoms with E-state index in [0.717, 1.165) is 5.33 Å². The molecule has 15 heavy (non-hydrogen) atoms. The summed E-state index contributed by atoms with van der Waals surface area (Å²) in [7, 11) is 1.99. The third-order valence-corrected chi connectivity index (χ3v) is 4.72. The minimum atomic E-state index is 0.501. The Labute approximate surface area is 100 Å². The number of rotatable bonds is 3. The van der Waals surface area contributed by atoms with Crippen molar-refractivity contribution in [1.82, 2.24) is 9.78 Å². The number of nitrogens with zero attached hydrogens (tertiary/aromatic N) is 2. The Hall–Kier alpha value is -0.310. The zero-order chi connectivity index (χ0) is 10.7. The van der Waals surface area contributed by atoms with Gasteiger partial charge in [0.2, 0.25) is 0 Å². The van der Waals surface area contributed by atoms with Crippen LogP contribution in [0.25, 0.3) is 0 Å². The van der Waals surface area contributed by atoms with Gasteiger partial charge in [0.1, 0.15) is 0 Å². The van der Waals surface area contributed by atoms with Gasteiger partial charge in [0.05, 0.1) is 6.20 Å². The Morgan fingerprint density at radius 3 is 2.67 bits per heavy atom. The lowest BCUT2D eigenvalue weighted by Crippen LogP contribution is -2.28. The van der Waals surface area contributed by atoms with Gasteiger partial charge < -0.3 is 0 Å². The molecule has 2 rings (SSSR count). The Balaban J connectivity index is 2.06. The summed E-state index contributed by atoms with van der Waals surface area (Å²) in [4.78, 5) is 0. The summed E-state index contributed by atoms with van der Waals surface area (Å²) < 4.78 is 1.90. The predicted molar refractivity (Wildman–Crippen MR) is 66.2 cm³/mol. The molecule has 1 aliphatic carbocycles. The van der Waals surface area contributed by atoms with Crippen molar-refractivity contribution in [3.63, 3.8) is 0 Å². The van der Waals surface area contributed by atoms with Gasteiger partial charge in [0.25, 0.3) is 0 Å². The van der Waals surface area contributed by atoms with E-state index in [1.807, 2.05) is 17.9 Å². The lowest BCUT2D eigenvalue weighted by atomic mass is 9.72. The van der Waals surface area contributed by atoms with Crippen molar-refractivity contribution >= 4 is 15.9 Å². The van der Waals surface area contributed by atoms with Crippen LogP contribution >= 0.6 is 15.9 Å². The molecular formula is C12H19BrN2. The molecule has 0 aliphatic heterocycles. The van der Waals surface area contributed by atoms with Crippen LogP contribution in [0.1, 0.15) is 37.7 Å². The van der Waals surface area contributed by atoms with Crippen LogP contribution in [0.15, 0.2) is 12.4 Å². The van der Waals surface area contributed by atoms with Crippen LogP contribution in [-0.2, 0) is 13.5 Å². The summed E-state index contributed by atoms with van der Waals surface area (Å²) in [6, 6.07) is 0. The summed E-state index contributed by atoms with van der Waals surface area (Å²) in [5, 5.41) is 5.38. The summed E-state index contributed by atoms with van der Waals surface area (Å²) in [5.41, 5.74) is 1.89. The second-order valence-electron chi connectivity index (χ2n) is 4.89. The van der Waals surface area contributed by atoms with Gasteiger partial charge in [-0.15, -0.1) is 0 Å². The zero-order valence-electron chi connectivity index (χ0n) is 9.38. The normalized spacial score (nSPS) is 20.4. The summed E-state index contributed by atoms with van der Waals surface area (Å²) in [5.74, 6) is 0. The van der Waals surface area contributed by atoms with E-state index in [9.17, 15) is 0 Å². The van der Waals surface area contributed by atoms with E-state index in [1.165, 1.54) is 44.1 Å². The van der Waals surface area contributed by atoms with E-state index < -0.39 is 0 Å². The molecule has 0 N–H and O–H groups in total. The van der Waals surface area contributed by atoms with Gasteiger partial charge in [-0.2, -0.15) is 5.10 Å². The van der Waals surface area contributed by atoms with Crippen molar-refractivity contribution in [2.75, 3.05) is 5.33 Å². The van der Waals surface area contributed by atoms with Gasteiger partial charge in [-0.25, -0.2) is 0 Å². The van der Waals surface area contributed by atoms with E-state index in [-0.39, 0.29) is 0 Å². The van der Waals surface area contributed by atoms with Gasteiger partial charge in [0, 0.05) is 18.6 Å². The van der Waals surface area contributed by atoms with Gasteiger partial charge in [-0.1, -0.05) is 35.2 Å². The van der Waals surface area contributed by atoms with Gasteiger partial charge in [-0.3, -0.25) is 4.68 Å². The van der Waals surface area contributed by atoms with Crippen molar-refractivity contribution in [2.45, 2.75) is 38.5 Å². The maximum atomic E-state index is 4.25.